The summed E-state index contributed by atoms with van der Waals surface area (Å²) in [6.07, 6.45) is -7.32. The Morgan fingerprint density at radius 2 is 1.96 bits per heavy atom. The quantitative estimate of drug-likeness (QED) is 0.806. The first-order valence-electron chi connectivity index (χ1n) is 7.14. The fraction of sp³-hybridized carbons (Fsp3) is 0.533. The van der Waals surface area contributed by atoms with E-state index < -0.39 is 35.4 Å². The minimum Gasteiger partial charge on any atom is -0.372 e. The highest BCUT2D eigenvalue weighted by Gasteiger charge is 2.51. The lowest BCUT2D eigenvalue weighted by molar-refractivity contribution is -0.137. The fourth-order valence-electron chi connectivity index (χ4n) is 2.86. The monoisotopic (exact) mass is 363 g/mol. The Labute approximate surface area is 142 Å². The number of aliphatic hydroxyl groups excluding tert-OH is 2. The first kappa shape index (κ1) is 18.8. The third-order valence-electron chi connectivity index (χ3n) is 4.22. The summed E-state index contributed by atoms with van der Waals surface area (Å²) in [5.74, 6) is 0.183. The number of anilines is 1. The molecule has 0 saturated carbocycles. The van der Waals surface area contributed by atoms with Crippen LogP contribution in [0.1, 0.15) is 25.0 Å². The molecule has 1 aliphatic heterocycles. The van der Waals surface area contributed by atoms with Gasteiger partial charge in [-0.1, -0.05) is 0 Å². The second-order valence-electron chi connectivity index (χ2n) is 6.00. The predicted molar refractivity (Wildman–Crippen MR) is 82.2 cm³/mol. The maximum absolute atomic E-state index is 13.1. The molecule has 9 heteroatoms. The number of nitrogens with zero attached hydrogens (tertiary/aromatic N) is 3. The summed E-state index contributed by atoms with van der Waals surface area (Å²) in [6.45, 7) is 3.55. The van der Waals surface area contributed by atoms with Crippen molar-refractivity contribution in [2.45, 2.75) is 38.1 Å². The molecule has 2 atom stereocenters. The Hall–Kier alpha value is -1.53. The Bertz CT molecular complexity index is 660. The molecule has 0 amide bonds. The molecule has 24 heavy (non-hydrogen) atoms. The molecular weight excluding hydrogens is 347 g/mol. The molecule has 1 fully saturated rings. The maximum Gasteiger partial charge on any atom is 0.417 e. The molecule has 1 aliphatic rings. The van der Waals surface area contributed by atoms with Crippen molar-refractivity contribution in [3.05, 3.63) is 29.3 Å². The van der Waals surface area contributed by atoms with E-state index in [9.17, 15) is 23.4 Å². The summed E-state index contributed by atoms with van der Waals surface area (Å²) in [7, 11) is 0. The second-order valence-corrected chi connectivity index (χ2v) is 6.38. The van der Waals surface area contributed by atoms with Crippen LogP contribution in [0.25, 0.3) is 0 Å². The summed E-state index contributed by atoms with van der Waals surface area (Å²) >= 11 is 5.70. The first-order chi connectivity index (χ1) is 11.1. The van der Waals surface area contributed by atoms with Gasteiger partial charge in [0.05, 0.1) is 22.7 Å². The van der Waals surface area contributed by atoms with Gasteiger partial charge in [0.1, 0.15) is 6.23 Å². The van der Waals surface area contributed by atoms with Crippen LogP contribution in [0.15, 0.2) is 18.2 Å². The largest absolute Gasteiger partial charge is 0.417 e. The molecule has 0 radical (unpaired) electrons. The average molecular weight is 364 g/mol. The van der Waals surface area contributed by atoms with Crippen molar-refractivity contribution in [2.75, 3.05) is 17.3 Å². The van der Waals surface area contributed by atoms with Crippen molar-refractivity contribution in [1.29, 1.82) is 5.26 Å². The van der Waals surface area contributed by atoms with E-state index in [2.05, 4.69) is 0 Å². The lowest BCUT2D eigenvalue weighted by Crippen LogP contribution is -2.48. The van der Waals surface area contributed by atoms with E-state index in [-0.39, 0.29) is 18.1 Å². The molecule has 2 rings (SSSR count). The molecule has 0 bridgehead atoms. The summed E-state index contributed by atoms with van der Waals surface area (Å²) in [5, 5.41) is 29.8. The Balaban J connectivity index is 2.51. The zero-order chi connectivity index (χ0) is 18.3. The molecule has 1 aromatic rings. The SMILES string of the molecule is CC1(C)C(O)N(c2ccc(C#N)c(C(F)(F)F)c2)C(O)N1CCCl. The molecule has 0 aliphatic carbocycles. The van der Waals surface area contributed by atoms with E-state index in [1.165, 1.54) is 17.0 Å². The average Bonchev–Trinajstić information content (AvgIpc) is 2.66. The van der Waals surface area contributed by atoms with Gasteiger partial charge in [-0.3, -0.25) is 0 Å². The molecule has 5 nitrogen and oxygen atoms in total. The number of hydrogen-bond acceptors (Lipinski definition) is 5. The van der Waals surface area contributed by atoms with Gasteiger partial charge >= 0.3 is 6.18 Å². The zero-order valence-electron chi connectivity index (χ0n) is 13.0. The number of rotatable bonds is 3. The van der Waals surface area contributed by atoms with E-state index in [0.717, 1.165) is 17.0 Å². The van der Waals surface area contributed by atoms with E-state index in [1.807, 2.05) is 0 Å². The van der Waals surface area contributed by atoms with Crippen LogP contribution >= 0.6 is 11.6 Å². The van der Waals surface area contributed by atoms with Crippen molar-refractivity contribution in [3.63, 3.8) is 0 Å². The predicted octanol–water partition coefficient (Wildman–Crippen LogP) is 2.31. The van der Waals surface area contributed by atoms with Crippen LogP contribution in [0.5, 0.6) is 0 Å². The van der Waals surface area contributed by atoms with Crippen molar-refractivity contribution in [2.24, 2.45) is 0 Å². The maximum atomic E-state index is 13.1. The van der Waals surface area contributed by atoms with Crippen LogP contribution in [0.2, 0.25) is 0 Å². The Morgan fingerprint density at radius 1 is 1.33 bits per heavy atom. The smallest absolute Gasteiger partial charge is 0.372 e. The van der Waals surface area contributed by atoms with Crippen molar-refractivity contribution < 1.29 is 23.4 Å². The van der Waals surface area contributed by atoms with Crippen LogP contribution in [0.3, 0.4) is 0 Å². The number of aliphatic hydroxyl groups is 2. The lowest BCUT2D eigenvalue weighted by Gasteiger charge is -2.32. The van der Waals surface area contributed by atoms with Gasteiger partial charge in [0.15, 0.2) is 6.35 Å². The second kappa shape index (κ2) is 6.41. The minimum absolute atomic E-state index is 0.0357. The van der Waals surface area contributed by atoms with Gasteiger partial charge in [0, 0.05) is 18.1 Å². The van der Waals surface area contributed by atoms with Crippen molar-refractivity contribution in [3.8, 4) is 6.07 Å². The third kappa shape index (κ3) is 3.05. The summed E-state index contributed by atoms with van der Waals surface area (Å²) < 4.78 is 39.4. The number of hydrogen-bond donors (Lipinski definition) is 2. The number of alkyl halides is 4. The van der Waals surface area contributed by atoms with Gasteiger partial charge in [0.25, 0.3) is 0 Å². The minimum atomic E-state index is -4.72. The van der Waals surface area contributed by atoms with E-state index >= 15 is 0 Å². The molecule has 1 saturated heterocycles. The molecule has 132 valence electrons. The van der Waals surface area contributed by atoms with Gasteiger partial charge in [-0.05, 0) is 32.0 Å². The summed E-state index contributed by atoms with van der Waals surface area (Å²) in [4.78, 5) is 2.57. The van der Waals surface area contributed by atoms with Crippen LogP contribution in [-0.4, -0.2) is 45.7 Å². The van der Waals surface area contributed by atoms with Gasteiger partial charge in [-0.2, -0.15) is 18.4 Å². The van der Waals surface area contributed by atoms with Crippen LogP contribution in [-0.2, 0) is 6.18 Å². The molecular formula is C15H17ClF3N3O2. The third-order valence-corrected chi connectivity index (χ3v) is 4.38. The fourth-order valence-corrected chi connectivity index (χ4v) is 3.04. The normalized spacial score (nSPS) is 24.2. The van der Waals surface area contributed by atoms with Gasteiger partial charge in [0.2, 0.25) is 0 Å². The standard InChI is InChI=1S/C15H17ClF3N3O2/c1-14(2)12(23)22(13(24)21(14)6-5-16)10-4-3-9(8-20)11(7-10)15(17,18)19/h3-4,7,12-13,23-24H,5-6H2,1-2H3. The van der Waals surface area contributed by atoms with Crippen molar-refractivity contribution >= 4 is 17.3 Å². The molecule has 0 spiro atoms. The van der Waals surface area contributed by atoms with Crippen molar-refractivity contribution in [1.82, 2.24) is 4.90 Å². The van der Waals surface area contributed by atoms with Crippen LogP contribution in [0.4, 0.5) is 18.9 Å². The molecule has 0 aromatic heterocycles. The van der Waals surface area contributed by atoms with Gasteiger partial charge in [-0.25, -0.2) is 4.90 Å². The highest BCUT2D eigenvalue weighted by molar-refractivity contribution is 6.18. The Morgan fingerprint density at radius 3 is 2.46 bits per heavy atom. The van der Waals surface area contributed by atoms with Crippen LogP contribution in [0, 0.1) is 11.3 Å². The van der Waals surface area contributed by atoms with Gasteiger partial charge in [-0.15, -0.1) is 11.6 Å². The van der Waals surface area contributed by atoms with E-state index in [1.54, 1.807) is 13.8 Å². The zero-order valence-corrected chi connectivity index (χ0v) is 13.8. The number of benzene rings is 1. The number of halogens is 4. The first-order valence-corrected chi connectivity index (χ1v) is 7.67. The molecule has 2 unspecified atom stereocenters. The lowest BCUT2D eigenvalue weighted by atomic mass is 10.0. The van der Waals surface area contributed by atoms with Crippen LogP contribution < -0.4 is 4.90 Å². The molecule has 1 heterocycles. The van der Waals surface area contributed by atoms with Gasteiger partial charge < -0.3 is 15.1 Å². The highest BCUT2D eigenvalue weighted by atomic mass is 35.5. The van der Waals surface area contributed by atoms with E-state index in [0.29, 0.717) is 0 Å². The Kier molecular flexibility index (Phi) is 5.02. The number of nitriles is 1. The summed E-state index contributed by atoms with van der Waals surface area (Å²) in [5.41, 5.74) is -2.60. The van der Waals surface area contributed by atoms with E-state index in [4.69, 9.17) is 16.9 Å². The topological polar surface area (TPSA) is 70.7 Å². The molecule has 2 N–H and O–H groups in total. The summed E-state index contributed by atoms with van der Waals surface area (Å²) in [6, 6.07) is 4.54. The molecule has 1 aromatic carbocycles. The highest BCUT2D eigenvalue weighted by Crippen LogP contribution is 2.40.